The van der Waals surface area contributed by atoms with Gasteiger partial charge in [-0.05, 0) is 31.0 Å². The number of benzene rings is 1. The first-order valence-electron chi connectivity index (χ1n) is 9.81. The van der Waals surface area contributed by atoms with Crippen LogP contribution in [0.2, 0.25) is 5.02 Å². The molecule has 0 saturated carbocycles. The molecule has 2 heterocycles. The minimum absolute atomic E-state index is 0.0877. The minimum atomic E-state index is -0.736. The van der Waals surface area contributed by atoms with E-state index in [1.165, 1.54) is 17.8 Å². The molecule has 2 atom stereocenters. The number of aliphatic imine (C=N–C) groups is 1. The van der Waals surface area contributed by atoms with Gasteiger partial charge in [0.1, 0.15) is 12.5 Å². The summed E-state index contributed by atoms with van der Waals surface area (Å²) in [5.41, 5.74) is 1.40. The number of thioether (sulfide) groups is 1. The molecule has 2 unspecified atom stereocenters. The van der Waals surface area contributed by atoms with Crippen LogP contribution in [0.1, 0.15) is 43.7 Å². The lowest BCUT2D eigenvalue weighted by molar-refractivity contribution is -0.145. The molecule has 1 N–H and O–H groups in total. The maximum Gasteiger partial charge on any atom is 0.315 e. The molecular weight excluding hydrogens is 422 g/mol. The number of H-pyrrole nitrogens is 1. The van der Waals surface area contributed by atoms with E-state index in [2.05, 4.69) is 28.5 Å². The number of hydrogen-bond donors (Lipinski definition) is 1. The zero-order valence-electron chi connectivity index (χ0n) is 17.0. The van der Waals surface area contributed by atoms with Gasteiger partial charge in [0.05, 0.1) is 5.56 Å². The number of carbonyl (C=O) groups excluding carboxylic acids is 1. The highest BCUT2D eigenvalue weighted by atomic mass is 35.5. The van der Waals surface area contributed by atoms with Crippen molar-refractivity contribution in [3.8, 4) is 0 Å². The molecule has 0 spiro atoms. The summed E-state index contributed by atoms with van der Waals surface area (Å²) in [4.78, 5) is 37.9. The van der Waals surface area contributed by atoms with E-state index in [0.29, 0.717) is 27.3 Å². The first kappa shape index (κ1) is 22.3. The third-order valence-corrected chi connectivity index (χ3v) is 6.06. The highest BCUT2D eigenvalue weighted by molar-refractivity contribution is 7.99. The second-order valence-corrected chi connectivity index (χ2v) is 8.51. The van der Waals surface area contributed by atoms with Gasteiger partial charge in [0.25, 0.3) is 5.56 Å². The Morgan fingerprint density at radius 1 is 1.37 bits per heavy atom. The van der Waals surface area contributed by atoms with Gasteiger partial charge >= 0.3 is 5.97 Å². The summed E-state index contributed by atoms with van der Waals surface area (Å²) >= 11 is 7.54. The number of esters is 1. The number of hydrogen-bond acceptors (Lipinski definition) is 6. The van der Waals surface area contributed by atoms with Crippen LogP contribution < -0.4 is 5.56 Å². The van der Waals surface area contributed by atoms with Gasteiger partial charge < -0.3 is 9.72 Å². The van der Waals surface area contributed by atoms with Gasteiger partial charge in [0.15, 0.2) is 11.0 Å². The third kappa shape index (κ3) is 4.84. The first-order valence-corrected chi connectivity index (χ1v) is 11.2. The number of fused-ring (bicyclic) bond motifs is 1. The molecule has 0 fully saturated rings. The highest BCUT2D eigenvalue weighted by Crippen LogP contribution is 2.41. The molecular formula is C22H24ClN3O3S. The fraction of sp³-hybridized carbons (Fsp3) is 0.364. The number of halogens is 1. The van der Waals surface area contributed by atoms with E-state index in [0.717, 1.165) is 24.2 Å². The maximum absolute atomic E-state index is 13.1. The predicted molar refractivity (Wildman–Crippen MR) is 121 cm³/mol. The number of aromatic amines is 1. The molecule has 1 aliphatic rings. The van der Waals surface area contributed by atoms with Crippen molar-refractivity contribution in [1.82, 2.24) is 9.97 Å². The Kier molecular flexibility index (Phi) is 7.50. The molecule has 6 nitrogen and oxygen atoms in total. The van der Waals surface area contributed by atoms with Crippen LogP contribution in [0.15, 0.2) is 51.9 Å². The Labute approximate surface area is 184 Å². The second kappa shape index (κ2) is 10.1. The fourth-order valence-corrected chi connectivity index (χ4v) is 4.48. The highest BCUT2D eigenvalue weighted by Gasteiger charge is 2.41. The summed E-state index contributed by atoms with van der Waals surface area (Å²) in [6.07, 6.45) is 3.59. The van der Waals surface area contributed by atoms with Gasteiger partial charge in [0, 0.05) is 22.4 Å². The van der Waals surface area contributed by atoms with Crippen molar-refractivity contribution in [2.45, 2.75) is 37.8 Å². The standard InChI is InChI=1S/C22H24ClN3O3S/c1-4-6-12-30-22-25-19-18(20(27)26-22)17(14-7-9-15(23)10-8-14)16(13(3)24-19)21(28)29-11-5-2/h5,7-10,16-17H,2,4,6,11-12H2,1,3H3,(H,25,26,27). The van der Waals surface area contributed by atoms with Gasteiger partial charge in [-0.2, -0.15) is 0 Å². The monoisotopic (exact) mass is 445 g/mol. The summed E-state index contributed by atoms with van der Waals surface area (Å²) in [5.74, 6) is -0.554. The predicted octanol–water partition coefficient (Wildman–Crippen LogP) is 4.90. The average molecular weight is 446 g/mol. The Hall–Kier alpha value is -2.38. The molecule has 30 heavy (non-hydrogen) atoms. The van der Waals surface area contributed by atoms with E-state index in [9.17, 15) is 9.59 Å². The van der Waals surface area contributed by atoms with Crippen molar-refractivity contribution in [3.05, 3.63) is 63.4 Å². The summed E-state index contributed by atoms with van der Waals surface area (Å²) in [5, 5.41) is 1.10. The van der Waals surface area contributed by atoms with Crippen LogP contribution in [0.5, 0.6) is 0 Å². The molecule has 1 aliphatic heterocycles. The normalized spacial score (nSPS) is 17.8. The van der Waals surface area contributed by atoms with E-state index in [-0.39, 0.29) is 12.2 Å². The minimum Gasteiger partial charge on any atom is -0.461 e. The van der Waals surface area contributed by atoms with Gasteiger partial charge in [0.2, 0.25) is 0 Å². The van der Waals surface area contributed by atoms with Gasteiger partial charge in [-0.25, -0.2) is 9.98 Å². The van der Waals surface area contributed by atoms with Crippen LogP contribution in [-0.4, -0.2) is 34.0 Å². The lowest BCUT2D eigenvalue weighted by atomic mass is 9.77. The first-order chi connectivity index (χ1) is 14.5. The zero-order valence-corrected chi connectivity index (χ0v) is 18.6. The zero-order chi connectivity index (χ0) is 21.7. The lowest BCUT2D eigenvalue weighted by Crippen LogP contribution is -2.37. The smallest absolute Gasteiger partial charge is 0.315 e. The third-order valence-electron chi connectivity index (χ3n) is 4.85. The van der Waals surface area contributed by atoms with Crippen molar-refractivity contribution in [3.63, 3.8) is 0 Å². The van der Waals surface area contributed by atoms with Crippen molar-refractivity contribution in [2.24, 2.45) is 10.9 Å². The molecule has 0 saturated heterocycles. The average Bonchev–Trinajstić information content (AvgIpc) is 2.72. The lowest BCUT2D eigenvalue weighted by Gasteiger charge is -2.30. The van der Waals surface area contributed by atoms with Crippen molar-refractivity contribution < 1.29 is 9.53 Å². The van der Waals surface area contributed by atoms with Crippen LogP contribution >= 0.6 is 23.4 Å². The molecule has 1 aromatic carbocycles. The Bertz CT molecular complexity index is 1020. The molecule has 2 aromatic rings. The van der Waals surface area contributed by atoms with Crippen molar-refractivity contribution in [1.29, 1.82) is 0 Å². The van der Waals surface area contributed by atoms with Crippen LogP contribution in [0, 0.1) is 5.92 Å². The number of aromatic nitrogens is 2. The van der Waals surface area contributed by atoms with Crippen LogP contribution in [0.3, 0.4) is 0 Å². The summed E-state index contributed by atoms with van der Waals surface area (Å²) in [6, 6.07) is 7.10. The van der Waals surface area contributed by atoms with E-state index in [4.69, 9.17) is 16.3 Å². The topological polar surface area (TPSA) is 84.4 Å². The molecule has 0 radical (unpaired) electrons. The van der Waals surface area contributed by atoms with Crippen LogP contribution in [0.4, 0.5) is 5.82 Å². The number of ether oxygens (including phenoxy) is 1. The summed E-state index contributed by atoms with van der Waals surface area (Å²) in [6.45, 7) is 7.55. The Morgan fingerprint density at radius 3 is 2.77 bits per heavy atom. The number of nitrogens with one attached hydrogen (secondary N) is 1. The SMILES string of the molecule is C=CCOC(=O)C1C(C)=Nc2nc(SCCCC)[nH]c(=O)c2C1c1ccc(Cl)cc1. The number of unbranched alkanes of at least 4 members (excludes halogenated alkanes) is 1. The molecule has 8 heteroatoms. The molecule has 0 amide bonds. The Balaban J connectivity index is 2.10. The van der Waals surface area contributed by atoms with E-state index in [1.807, 2.05) is 12.1 Å². The van der Waals surface area contributed by atoms with Gasteiger partial charge in [-0.1, -0.05) is 61.5 Å². The van der Waals surface area contributed by atoms with Crippen molar-refractivity contribution in [2.75, 3.05) is 12.4 Å². The molecule has 0 aliphatic carbocycles. The quantitative estimate of drug-likeness (QED) is 0.205. The van der Waals surface area contributed by atoms with Gasteiger partial charge in [-0.15, -0.1) is 0 Å². The van der Waals surface area contributed by atoms with Gasteiger partial charge in [-0.3, -0.25) is 9.59 Å². The van der Waals surface area contributed by atoms with E-state index < -0.39 is 17.8 Å². The van der Waals surface area contributed by atoms with E-state index in [1.54, 1.807) is 19.1 Å². The number of nitrogens with zero attached hydrogens (tertiary/aromatic N) is 2. The maximum atomic E-state index is 13.1. The molecule has 1 aromatic heterocycles. The largest absolute Gasteiger partial charge is 0.461 e. The fourth-order valence-electron chi connectivity index (χ4n) is 3.41. The van der Waals surface area contributed by atoms with Crippen LogP contribution in [-0.2, 0) is 9.53 Å². The molecule has 158 valence electrons. The summed E-state index contributed by atoms with van der Waals surface area (Å²) < 4.78 is 5.32. The Morgan fingerprint density at radius 2 is 2.10 bits per heavy atom. The molecule has 3 rings (SSSR count). The van der Waals surface area contributed by atoms with Crippen LogP contribution in [0.25, 0.3) is 0 Å². The second-order valence-electron chi connectivity index (χ2n) is 6.99. The van der Waals surface area contributed by atoms with Crippen molar-refractivity contribution >= 4 is 40.9 Å². The summed E-state index contributed by atoms with van der Waals surface area (Å²) in [7, 11) is 0. The number of carbonyl (C=O) groups is 1. The van der Waals surface area contributed by atoms with E-state index >= 15 is 0 Å². The number of rotatable bonds is 8. The molecule has 0 bridgehead atoms.